The molecule has 6 heteroatoms. The quantitative estimate of drug-likeness (QED) is 0.813. The first-order valence-electron chi connectivity index (χ1n) is 5.63. The maximum atomic E-state index is 11.9. The molecule has 1 amide bonds. The minimum Gasteiger partial charge on any atom is -0.384 e. The molecule has 0 unspecified atom stereocenters. The van der Waals surface area contributed by atoms with Crippen LogP contribution in [0.2, 0.25) is 0 Å². The normalized spacial score (nSPS) is 9.79. The van der Waals surface area contributed by atoms with Gasteiger partial charge in [-0.15, -0.1) is 11.3 Å². The number of aromatic nitrogens is 2. The summed E-state index contributed by atoms with van der Waals surface area (Å²) in [5.41, 5.74) is 1.53. The largest absolute Gasteiger partial charge is 0.384 e. The average Bonchev–Trinajstić information content (AvgIpc) is 3.02. The standard InChI is InChI=1S/C13H13N3O2S/c1-16-8-10(7-15-16)6-14-13(18)11-5-12(19-9-11)3-2-4-17/h5,7-9,17H,4,6H2,1H3,(H,14,18). The second kappa shape index (κ2) is 6.18. The van der Waals surface area contributed by atoms with E-state index in [-0.39, 0.29) is 12.5 Å². The Labute approximate surface area is 114 Å². The molecule has 0 spiro atoms. The van der Waals surface area contributed by atoms with Crippen molar-refractivity contribution in [3.63, 3.8) is 0 Å². The van der Waals surface area contributed by atoms with E-state index < -0.39 is 0 Å². The number of thiophene rings is 1. The third kappa shape index (κ3) is 3.68. The Morgan fingerprint density at radius 2 is 2.47 bits per heavy atom. The fourth-order valence-electron chi connectivity index (χ4n) is 1.50. The molecule has 0 radical (unpaired) electrons. The van der Waals surface area contributed by atoms with Crippen molar-refractivity contribution in [1.29, 1.82) is 0 Å². The van der Waals surface area contributed by atoms with E-state index in [1.807, 2.05) is 13.2 Å². The highest BCUT2D eigenvalue weighted by molar-refractivity contribution is 7.10. The summed E-state index contributed by atoms with van der Waals surface area (Å²) in [6, 6.07) is 1.71. The lowest BCUT2D eigenvalue weighted by atomic mass is 10.2. The van der Waals surface area contributed by atoms with Crippen LogP contribution < -0.4 is 5.32 Å². The van der Waals surface area contributed by atoms with E-state index in [1.165, 1.54) is 11.3 Å². The molecule has 2 aromatic heterocycles. The molecule has 98 valence electrons. The van der Waals surface area contributed by atoms with E-state index in [1.54, 1.807) is 22.3 Å². The second-order valence-corrected chi connectivity index (χ2v) is 4.78. The van der Waals surface area contributed by atoms with Crippen molar-refractivity contribution in [3.05, 3.63) is 39.8 Å². The minimum absolute atomic E-state index is 0.142. The Hall–Kier alpha value is -2.10. The van der Waals surface area contributed by atoms with Gasteiger partial charge in [-0.2, -0.15) is 5.10 Å². The molecule has 0 aromatic carbocycles. The molecule has 0 aliphatic heterocycles. The van der Waals surface area contributed by atoms with Crippen LogP contribution >= 0.6 is 11.3 Å². The van der Waals surface area contributed by atoms with Gasteiger partial charge >= 0.3 is 0 Å². The summed E-state index contributed by atoms with van der Waals surface area (Å²) in [5.74, 6) is 5.18. The number of amides is 1. The number of rotatable bonds is 3. The summed E-state index contributed by atoms with van der Waals surface area (Å²) in [7, 11) is 1.83. The highest BCUT2D eigenvalue weighted by Crippen LogP contribution is 2.13. The van der Waals surface area contributed by atoms with Crippen molar-refractivity contribution >= 4 is 17.2 Å². The summed E-state index contributed by atoms with van der Waals surface area (Å²) in [5, 5.41) is 17.2. The molecule has 0 atom stereocenters. The van der Waals surface area contributed by atoms with E-state index in [9.17, 15) is 4.79 Å². The van der Waals surface area contributed by atoms with Crippen molar-refractivity contribution in [3.8, 4) is 11.8 Å². The number of carbonyl (C=O) groups is 1. The Kier molecular flexibility index (Phi) is 4.34. The van der Waals surface area contributed by atoms with Crippen molar-refractivity contribution in [2.45, 2.75) is 6.54 Å². The van der Waals surface area contributed by atoms with E-state index in [0.29, 0.717) is 12.1 Å². The molecule has 0 aliphatic rings. The van der Waals surface area contributed by atoms with Crippen LogP contribution in [0.25, 0.3) is 0 Å². The Bertz CT molecular complexity index is 634. The predicted octanol–water partition coefficient (Wildman–Crippen LogP) is 0.755. The Morgan fingerprint density at radius 1 is 1.63 bits per heavy atom. The predicted molar refractivity (Wildman–Crippen MR) is 72.7 cm³/mol. The van der Waals surface area contributed by atoms with Gasteiger partial charge in [0, 0.05) is 30.7 Å². The first-order valence-corrected chi connectivity index (χ1v) is 6.51. The molecule has 5 nitrogen and oxygen atoms in total. The van der Waals surface area contributed by atoms with Crippen molar-refractivity contribution < 1.29 is 9.90 Å². The summed E-state index contributed by atoms with van der Waals surface area (Å²) in [6.45, 7) is 0.264. The molecule has 0 saturated carbocycles. The van der Waals surface area contributed by atoms with Gasteiger partial charge in [0.25, 0.3) is 5.91 Å². The third-order valence-corrected chi connectivity index (χ3v) is 3.21. The molecular formula is C13H13N3O2S. The number of aryl methyl sites for hydroxylation is 1. The van der Waals surface area contributed by atoms with Gasteiger partial charge in [-0.1, -0.05) is 11.8 Å². The van der Waals surface area contributed by atoms with Gasteiger partial charge in [-0.05, 0) is 6.07 Å². The van der Waals surface area contributed by atoms with Gasteiger partial charge in [-0.25, -0.2) is 0 Å². The number of carbonyl (C=O) groups excluding carboxylic acids is 1. The topological polar surface area (TPSA) is 67.2 Å². The highest BCUT2D eigenvalue weighted by atomic mass is 32.1. The lowest BCUT2D eigenvalue weighted by Gasteiger charge is -2.00. The van der Waals surface area contributed by atoms with Crippen molar-refractivity contribution in [2.75, 3.05) is 6.61 Å². The average molecular weight is 275 g/mol. The molecule has 2 rings (SSSR count). The fourth-order valence-corrected chi connectivity index (χ4v) is 2.25. The van der Waals surface area contributed by atoms with Gasteiger partial charge in [0.2, 0.25) is 0 Å². The molecule has 2 N–H and O–H groups in total. The smallest absolute Gasteiger partial charge is 0.252 e. The van der Waals surface area contributed by atoms with Gasteiger partial charge in [0.15, 0.2) is 0 Å². The number of nitrogens with zero attached hydrogens (tertiary/aromatic N) is 2. The number of aliphatic hydroxyl groups is 1. The SMILES string of the molecule is Cn1cc(CNC(=O)c2csc(C#CCO)c2)cn1. The number of hydrogen-bond donors (Lipinski definition) is 2. The minimum atomic E-state index is -0.180. The monoisotopic (exact) mass is 275 g/mol. The van der Waals surface area contributed by atoms with Crippen LogP contribution in [-0.2, 0) is 13.6 Å². The van der Waals surface area contributed by atoms with Crippen LogP contribution in [0.3, 0.4) is 0 Å². The van der Waals surface area contributed by atoms with Crippen LogP contribution in [0.5, 0.6) is 0 Å². The van der Waals surface area contributed by atoms with Gasteiger partial charge in [-0.3, -0.25) is 9.48 Å². The first kappa shape index (κ1) is 13.3. The van der Waals surface area contributed by atoms with Crippen LogP contribution in [-0.4, -0.2) is 27.4 Å². The maximum Gasteiger partial charge on any atom is 0.252 e. The summed E-state index contributed by atoms with van der Waals surface area (Å²) in [4.78, 5) is 12.6. The molecule has 0 bridgehead atoms. The van der Waals surface area contributed by atoms with E-state index in [2.05, 4.69) is 22.3 Å². The van der Waals surface area contributed by atoms with Crippen LogP contribution in [0.4, 0.5) is 0 Å². The highest BCUT2D eigenvalue weighted by Gasteiger charge is 2.08. The Balaban J connectivity index is 1.94. The van der Waals surface area contributed by atoms with Gasteiger partial charge in [0.1, 0.15) is 6.61 Å². The summed E-state index contributed by atoms with van der Waals surface area (Å²) >= 11 is 1.38. The van der Waals surface area contributed by atoms with Crippen LogP contribution in [0.15, 0.2) is 23.8 Å². The molecule has 2 aromatic rings. The number of aliphatic hydroxyl groups excluding tert-OH is 1. The summed E-state index contributed by atoms with van der Waals surface area (Å²) in [6.07, 6.45) is 3.57. The van der Waals surface area contributed by atoms with Crippen LogP contribution in [0.1, 0.15) is 20.8 Å². The van der Waals surface area contributed by atoms with Crippen molar-refractivity contribution in [1.82, 2.24) is 15.1 Å². The van der Waals surface area contributed by atoms with Crippen LogP contribution in [0, 0.1) is 11.8 Å². The fraction of sp³-hybridized carbons (Fsp3) is 0.231. The third-order valence-electron chi connectivity index (χ3n) is 2.36. The van der Waals surface area contributed by atoms with Gasteiger partial charge in [0.05, 0.1) is 16.6 Å². The summed E-state index contributed by atoms with van der Waals surface area (Å²) < 4.78 is 1.69. The first-order chi connectivity index (χ1) is 9.19. The number of hydrogen-bond acceptors (Lipinski definition) is 4. The maximum absolute atomic E-state index is 11.9. The van der Waals surface area contributed by atoms with E-state index >= 15 is 0 Å². The molecule has 2 heterocycles. The Morgan fingerprint density at radius 3 is 3.16 bits per heavy atom. The molecule has 0 saturated heterocycles. The zero-order chi connectivity index (χ0) is 13.7. The second-order valence-electron chi connectivity index (χ2n) is 3.86. The molecule has 0 aliphatic carbocycles. The zero-order valence-corrected chi connectivity index (χ0v) is 11.2. The van der Waals surface area contributed by atoms with Gasteiger partial charge < -0.3 is 10.4 Å². The lowest BCUT2D eigenvalue weighted by molar-refractivity contribution is 0.0951. The molecule has 0 fully saturated rings. The van der Waals surface area contributed by atoms with Crippen molar-refractivity contribution in [2.24, 2.45) is 7.05 Å². The molecule has 19 heavy (non-hydrogen) atoms. The lowest BCUT2D eigenvalue weighted by Crippen LogP contribution is -2.21. The van der Waals surface area contributed by atoms with E-state index in [0.717, 1.165) is 10.4 Å². The number of nitrogens with one attached hydrogen (secondary N) is 1. The zero-order valence-electron chi connectivity index (χ0n) is 10.4. The van der Waals surface area contributed by atoms with E-state index in [4.69, 9.17) is 5.11 Å². The molecular weight excluding hydrogens is 262 g/mol.